The number of para-hydroxylation sites is 1. The van der Waals surface area contributed by atoms with E-state index < -0.39 is 11.6 Å². The van der Waals surface area contributed by atoms with Gasteiger partial charge in [-0.1, -0.05) is 6.07 Å². The summed E-state index contributed by atoms with van der Waals surface area (Å²) in [5, 5.41) is 0. The van der Waals surface area contributed by atoms with Crippen molar-refractivity contribution in [2.45, 2.75) is 31.8 Å². The van der Waals surface area contributed by atoms with Gasteiger partial charge in [-0.05, 0) is 37.8 Å². The van der Waals surface area contributed by atoms with Crippen LogP contribution in [0.1, 0.15) is 25.7 Å². The SMILES string of the molecule is Fc1cccc(F)c1OC1CCCC1. The van der Waals surface area contributed by atoms with Gasteiger partial charge in [0.15, 0.2) is 17.4 Å². The quantitative estimate of drug-likeness (QED) is 0.708. The minimum absolute atomic E-state index is 0.0126. The van der Waals surface area contributed by atoms with Crippen LogP contribution in [0.5, 0.6) is 5.75 Å². The van der Waals surface area contributed by atoms with Crippen molar-refractivity contribution in [1.29, 1.82) is 0 Å². The highest BCUT2D eigenvalue weighted by Gasteiger charge is 2.20. The van der Waals surface area contributed by atoms with Crippen LogP contribution in [0.15, 0.2) is 18.2 Å². The fraction of sp³-hybridized carbons (Fsp3) is 0.455. The van der Waals surface area contributed by atoms with Crippen LogP contribution in [0, 0.1) is 11.6 Å². The van der Waals surface area contributed by atoms with E-state index in [2.05, 4.69) is 0 Å². The summed E-state index contributed by atoms with van der Waals surface area (Å²) in [7, 11) is 0. The Bertz CT molecular complexity index is 299. The van der Waals surface area contributed by atoms with E-state index in [0.29, 0.717) is 0 Å². The average Bonchev–Trinajstić information content (AvgIpc) is 2.64. The van der Waals surface area contributed by atoms with Crippen molar-refractivity contribution in [3.05, 3.63) is 29.8 Å². The minimum atomic E-state index is -0.614. The standard InChI is InChI=1S/C11H12F2O/c12-9-6-3-7-10(13)11(9)14-8-4-1-2-5-8/h3,6-8H,1-2,4-5H2. The number of benzene rings is 1. The molecule has 0 radical (unpaired) electrons. The highest BCUT2D eigenvalue weighted by atomic mass is 19.1. The molecule has 0 bridgehead atoms. The first-order valence-electron chi connectivity index (χ1n) is 4.88. The maximum absolute atomic E-state index is 13.1. The van der Waals surface area contributed by atoms with Gasteiger partial charge in [0.25, 0.3) is 0 Å². The van der Waals surface area contributed by atoms with E-state index in [4.69, 9.17) is 4.74 Å². The first-order valence-corrected chi connectivity index (χ1v) is 4.88. The highest BCUT2D eigenvalue weighted by molar-refractivity contribution is 5.26. The normalized spacial score (nSPS) is 17.3. The second kappa shape index (κ2) is 3.95. The fourth-order valence-corrected chi connectivity index (χ4v) is 1.77. The first-order chi connectivity index (χ1) is 6.77. The number of hydrogen-bond donors (Lipinski definition) is 0. The second-order valence-electron chi connectivity index (χ2n) is 3.58. The van der Waals surface area contributed by atoms with E-state index in [1.54, 1.807) is 0 Å². The molecule has 0 unspecified atom stereocenters. The maximum Gasteiger partial charge on any atom is 0.191 e. The summed E-state index contributed by atoms with van der Waals surface area (Å²) in [6, 6.07) is 3.77. The zero-order valence-corrected chi connectivity index (χ0v) is 7.80. The molecule has 1 aliphatic carbocycles. The van der Waals surface area contributed by atoms with Crippen LogP contribution in [-0.2, 0) is 0 Å². The molecule has 76 valence electrons. The molecule has 0 saturated heterocycles. The second-order valence-corrected chi connectivity index (χ2v) is 3.58. The van der Waals surface area contributed by atoms with E-state index in [-0.39, 0.29) is 11.9 Å². The van der Waals surface area contributed by atoms with Gasteiger partial charge in [-0.3, -0.25) is 0 Å². The van der Waals surface area contributed by atoms with Crippen molar-refractivity contribution in [2.75, 3.05) is 0 Å². The molecule has 0 atom stereocenters. The molecule has 1 aromatic rings. The third kappa shape index (κ3) is 1.86. The summed E-state index contributed by atoms with van der Waals surface area (Å²) in [5.41, 5.74) is 0. The average molecular weight is 198 g/mol. The molecule has 0 amide bonds. The van der Waals surface area contributed by atoms with Crippen LogP contribution >= 0.6 is 0 Å². The van der Waals surface area contributed by atoms with E-state index >= 15 is 0 Å². The minimum Gasteiger partial charge on any atom is -0.484 e. The van der Waals surface area contributed by atoms with Gasteiger partial charge >= 0.3 is 0 Å². The Morgan fingerprint density at radius 3 is 2.21 bits per heavy atom. The summed E-state index contributed by atoms with van der Waals surface area (Å²) < 4.78 is 31.6. The Morgan fingerprint density at radius 2 is 1.64 bits per heavy atom. The van der Waals surface area contributed by atoms with Crippen molar-refractivity contribution in [1.82, 2.24) is 0 Å². The predicted octanol–water partition coefficient (Wildman–Crippen LogP) is 3.29. The fourth-order valence-electron chi connectivity index (χ4n) is 1.77. The molecule has 14 heavy (non-hydrogen) atoms. The molecule has 1 aliphatic rings. The summed E-state index contributed by atoms with van der Waals surface area (Å²) in [5.74, 6) is -1.45. The molecule has 1 saturated carbocycles. The van der Waals surface area contributed by atoms with Crippen LogP contribution in [0.2, 0.25) is 0 Å². The topological polar surface area (TPSA) is 9.23 Å². The van der Waals surface area contributed by atoms with Gasteiger partial charge in [0.1, 0.15) is 0 Å². The number of halogens is 2. The zero-order chi connectivity index (χ0) is 9.97. The lowest BCUT2D eigenvalue weighted by Crippen LogP contribution is -2.12. The predicted molar refractivity (Wildman–Crippen MR) is 49.2 cm³/mol. The lowest BCUT2D eigenvalue weighted by Gasteiger charge is -2.13. The van der Waals surface area contributed by atoms with Crippen LogP contribution < -0.4 is 4.74 Å². The molecular formula is C11H12F2O. The summed E-state index contributed by atoms with van der Waals surface area (Å²) in [6.07, 6.45) is 3.95. The molecule has 1 aromatic carbocycles. The monoisotopic (exact) mass is 198 g/mol. The molecule has 3 heteroatoms. The Morgan fingerprint density at radius 1 is 1.07 bits per heavy atom. The lowest BCUT2D eigenvalue weighted by atomic mass is 10.3. The van der Waals surface area contributed by atoms with Gasteiger partial charge in [0.05, 0.1) is 6.10 Å². The van der Waals surface area contributed by atoms with Crippen molar-refractivity contribution in [3.8, 4) is 5.75 Å². The Labute approximate surface area is 81.7 Å². The van der Waals surface area contributed by atoms with Gasteiger partial charge in [0, 0.05) is 0 Å². The van der Waals surface area contributed by atoms with Crippen molar-refractivity contribution in [2.24, 2.45) is 0 Å². The van der Waals surface area contributed by atoms with Crippen LogP contribution in [0.4, 0.5) is 8.78 Å². The van der Waals surface area contributed by atoms with Gasteiger partial charge < -0.3 is 4.74 Å². The highest BCUT2D eigenvalue weighted by Crippen LogP contribution is 2.27. The summed E-state index contributed by atoms with van der Waals surface area (Å²) in [6.45, 7) is 0. The molecule has 0 heterocycles. The third-order valence-corrected chi connectivity index (χ3v) is 2.51. The van der Waals surface area contributed by atoms with Crippen molar-refractivity contribution in [3.63, 3.8) is 0 Å². The van der Waals surface area contributed by atoms with Crippen LogP contribution in [-0.4, -0.2) is 6.10 Å². The molecule has 1 nitrogen and oxygen atoms in total. The first kappa shape index (κ1) is 9.44. The van der Waals surface area contributed by atoms with Gasteiger partial charge in [0.2, 0.25) is 0 Å². The van der Waals surface area contributed by atoms with Crippen LogP contribution in [0.3, 0.4) is 0 Å². The Balaban J connectivity index is 2.14. The van der Waals surface area contributed by atoms with E-state index in [9.17, 15) is 8.78 Å². The number of ether oxygens (including phenoxy) is 1. The Hall–Kier alpha value is -1.12. The van der Waals surface area contributed by atoms with E-state index in [1.165, 1.54) is 18.2 Å². The van der Waals surface area contributed by atoms with Gasteiger partial charge in [-0.25, -0.2) is 8.78 Å². The number of rotatable bonds is 2. The smallest absolute Gasteiger partial charge is 0.191 e. The van der Waals surface area contributed by atoms with Gasteiger partial charge in [-0.2, -0.15) is 0 Å². The summed E-state index contributed by atoms with van der Waals surface area (Å²) >= 11 is 0. The van der Waals surface area contributed by atoms with E-state index in [1.807, 2.05) is 0 Å². The maximum atomic E-state index is 13.1. The van der Waals surface area contributed by atoms with Crippen molar-refractivity contribution >= 4 is 0 Å². The molecule has 2 rings (SSSR count). The zero-order valence-electron chi connectivity index (χ0n) is 7.80. The molecule has 0 aliphatic heterocycles. The summed E-state index contributed by atoms with van der Waals surface area (Å²) in [4.78, 5) is 0. The molecule has 1 fully saturated rings. The molecule has 0 spiro atoms. The molecule has 0 N–H and O–H groups in total. The largest absolute Gasteiger partial charge is 0.484 e. The number of hydrogen-bond acceptors (Lipinski definition) is 1. The van der Waals surface area contributed by atoms with E-state index in [0.717, 1.165) is 25.7 Å². The van der Waals surface area contributed by atoms with Gasteiger partial charge in [-0.15, -0.1) is 0 Å². The molecule has 0 aromatic heterocycles. The molecular weight excluding hydrogens is 186 g/mol. The third-order valence-electron chi connectivity index (χ3n) is 2.51. The van der Waals surface area contributed by atoms with Crippen LogP contribution in [0.25, 0.3) is 0 Å². The van der Waals surface area contributed by atoms with Crippen molar-refractivity contribution < 1.29 is 13.5 Å². The Kier molecular flexibility index (Phi) is 2.66. The lowest BCUT2D eigenvalue weighted by molar-refractivity contribution is 0.191.